The van der Waals surface area contributed by atoms with Gasteiger partial charge in [0.2, 0.25) is 5.91 Å². The summed E-state index contributed by atoms with van der Waals surface area (Å²) in [7, 11) is 0. The molecule has 1 aliphatic rings. The molecular weight excluding hydrogens is 216 g/mol. The molecule has 0 unspecified atom stereocenters. The second kappa shape index (κ2) is 3.20. The summed E-state index contributed by atoms with van der Waals surface area (Å²) >= 11 is 0. The van der Waals surface area contributed by atoms with Crippen LogP contribution in [0.1, 0.15) is 21.6 Å². The molecule has 0 fully saturated rings. The van der Waals surface area contributed by atoms with E-state index in [0.717, 1.165) is 16.8 Å². The van der Waals surface area contributed by atoms with Gasteiger partial charge >= 0.3 is 0 Å². The fraction of sp³-hybridized carbons (Fsp3) is 0.231. The number of benzene rings is 1. The summed E-state index contributed by atoms with van der Waals surface area (Å²) in [5.41, 5.74) is 3.37. The van der Waals surface area contributed by atoms with Crippen molar-refractivity contribution >= 4 is 5.91 Å². The van der Waals surface area contributed by atoms with Crippen LogP contribution in [0, 0.1) is 13.8 Å². The minimum Gasteiger partial charge on any atom is -0.272 e. The molecule has 0 saturated heterocycles. The second-order valence-corrected chi connectivity index (χ2v) is 4.45. The summed E-state index contributed by atoms with van der Waals surface area (Å²) < 4.78 is 2.91. The van der Waals surface area contributed by atoms with E-state index in [9.17, 15) is 9.59 Å². The number of nitrogens with zero attached hydrogens (tertiary/aromatic N) is 2. The summed E-state index contributed by atoms with van der Waals surface area (Å²) in [5, 5.41) is 0. The number of hydrogen-bond donors (Lipinski definition) is 0. The van der Waals surface area contributed by atoms with Crippen molar-refractivity contribution in [3.63, 3.8) is 0 Å². The van der Waals surface area contributed by atoms with Crippen molar-refractivity contribution in [3.05, 3.63) is 51.4 Å². The zero-order valence-electron chi connectivity index (χ0n) is 9.73. The van der Waals surface area contributed by atoms with Crippen molar-refractivity contribution in [2.45, 2.75) is 20.3 Å². The van der Waals surface area contributed by atoms with Crippen molar-refractivity contribution in [1.82, 2.24) is 9.36 Å². The lowest BCUT2D eigenvalue weighted by Crippen LogP contribution is -2.32. The number of aromatic nitrogens is 2. The molecule has 0 bridgehead atoms. The van der Waals surface area contributed by atoms with Gasteiger partial charge in [0, 0.05) is 11.8 Å². The van der Waals surface area contributed by atoms with Crippen LogP contribution >= 0.6 is 0 Å². The molecule has 2 heterocycles. The molecule has 3 rings (SSSR count). The van der Waals surface area contributed by atoms with E-state index in [1.165, 1.54) is 15.4 Å². The number of carbonyl (C=O) groups excluding carboxylic acids is 1. The van der Waals surface area contributed by atoms with Crippen molar-refractivity contribution in [2.24, 2.45) is 0 Å². The first-order valence-electron chi connectivity index (χ1n) is 5.53. The molecule has 1 aromatic heterocycles. The predicted octanol–water partition coefficient (Wildman–Crippen LogP) is 1.45. The van der Waals surface area contributed by atoms with E-state index in [0.29, 0.717) is 12.1 Å². The smallest absolute Gasteiger partial charge is 0.272 e. The summed E-state index contributed by atoms with van der Waals surface area (Å²) in [6, 6.07) is 7.31. The van der Waals surface area contributed by atoms with Gasteiger partial charge in [0.25, 0.3) is 5.56 Å². The Hall–Kier alpha value is -2.10. The SMILES string of the molecule is Cc1ccc2c(c1)CC(=O)n1c(C)cc(=O)n1-2. The monoisotopic (exact) mass is 228 g/mol. The molecule has 4 nitrogen and oxygen atoms in total. The van der Waals surface area contributed by atoms with Gasteiger partial charge in [-0.2, -0.15) is 0 Å². The number of carbonyl (C=O) groups is 1. The van der Waals surface area contributed by atoms with Crippen molar-refractivity contribution in [1.29, 1.82) is 0 Å². The Bertz CT molecular complexity index is 692. The summed E-state index contributed by atoms with van der Waals surface area (Å²) in [4.78, 5) is 23.9. The lowest BCUT2D eigenvalue weighted by atomic mass is 10.0. The van der Waals surface area contributed by atoms with Gasteiger partial charge in [-0.15, -0.1) is 0 Å². The van der Waals surface area contributed by atoms with E-state index < -0.39 is 0 Å². The van der Waals surface area contributed by atoms with E-state index >= 15 is 0 Å². The Morgan fingerprint density at radius 3 is 2.59 bits per heavy atom. The van der Waals surface area contributed by atoms with Gasteiger partial charge in [-0.25, -0.2) is 9.36 Å². The Labute approximate surface area is 98.1 Å². The first-order chi connectivity index (χ1) is 8.08. The zero-order valence-corrected chi connectivity index (χ0v) is 9.73. The second-order valence-electron chi connectivity index (χ2n) is 4.45. The van der Waals surface area contributed by atoms with Gasteiger partial charge < -0.3 is 0 Å². The lowest BCUT2D eigenvalue weighted by molar-refractivity contribution is 0.0877. The van der Waals surface area contributed by atoms with Crippen LogP contribution in [0.3, 0.4) is 0 Å². The minimum absolute atomic E-state index is 0.0531. The predicted molar refractivity (Wildman–Crippen MR) is 63.8 cm³/mol. The standard InChI is InChI=1S/C13H12N2O2/c1-8-3-4-11-10(5-8)7-13(17)14-9(2)6-12(16)15(11)14/h3-6H,7H2,1-2H3. The third-order valence-corrected chi connectivity index (χ3v) is 3.12. The summed E-state index contributed by atoms with van der Waals surface area (Å²) in [5.74, 6) is -0.0531. The average molecular weight is 228 g/mol. The number of rotatable bonds is 0. The first-order valence-corrected chi connectivity index (χ1v) is 5.53. The Morgan fingerprint density at radius 1 is 1.06 bits per heavy atom. The molecular formula is C13H12N2O2. The molecule has 0 spiro atoms. The molecule has 0 amide bonds. The zero-order chi connectivity index (χ0) is 12.2. The van der Waals surface area contributed by atoms with E-state index in [1.807, 2.05) is 25.1 Å². The fourth-order valence-corrected chi connectivity index (χ4v) is 2.39. The highest BCUT2D eigenvalue weighted by atomic mass is 16.2. The maximum atomic E-state index is 12.0. The van der Waals surface area contributed by atoms with Crippen molar-refractivity contribution in [2.75, 3.05) is 0 Å². The number of aryl methyl sites for hydroxylation is 2. The Balaban J connectivity index is 2.41. The van der Waals surface area contributed by atoms with Crippen LogP contribution < -0.4 is 5.56 Å². The van der Waals surface area contributed by atoms with Crippen LogP contribution in [0.4, 0.5) is 0 Å². The maximum absolute atomic E-state index is 12.0. The van der Waals surface area contributed by atoms with E-state index in [-0.39, 0.29) is 11.5 Å². The molecule has 0 aliphatic carbocycles. The third kappa shape index (κ3) is 1.30. The van der Waals surface area contributed by atoms with E-state index in [1.54, 1.807) is 6.92 Å². The maximum Gasteiger partial charge on any atom is 0.272 e. The third-order valence-electron chi connectivity index (χ3n) is 3.12. The van der Waals surface area contributed by atoms with Crippen LogP contribution in [0.15, 0.2) is 29.1 Å². The van der Waals surface area contributed by atoms with Gasteiger partial charge in [-0.1, -0.05) is 17.7 Å². The van der Waals surface area contributed by atoms with Crippen LogP contribution in [0.2, 0.25) is 0 Å². The van der Waals surface area contributed by atoms with Crippen molar-refractivity contribution < 1.29 is 4.79 Å². The summed E-state index contributed by atoms with van der Waals surface area (Å²) in [6.07, 6.45) is 0.353. The molecule has 2 aromatic rings. The molecule has 0 N–H and O–H groups in total. The lowest BCUT2D eigenvalue weighted by Gasteiger charge is -2.20. The highest BCUT2D eigenvalue weighted by Gasteiger charge is 2.24. The van der Waals surface area contributed by atoms with Gasteiger partial charge in [0.15, 0.2) is 0 Å². The fourth-order valence-electron chi connectivity index (χ4n) is 2.39. The molecule has 0 saturated carbocycles. The van der Waals surface area contributed by atoms with Gasteiger partial charge in [0.05, 0.1) is 12.1 Å². The van der Waals surface area contributed by atoms with Gasteiger partial charge in [-0.3, -0.25) is 9.59 Å². The largest absolute Gasteiger partial charge is 0.272 e. The normalized spacial score (nSPS) is 13.4. The quantitative estimate of drug-likeness (QED) is 0.685. The number of fused-ring (bicyclic) bond motifs is 3. The van der Waals surface area contributed by atoms with E-state index in [2.05, 4.69) is 0 Å². The first kappa shape index (κ1) is 10.1. The topological polar surface area (TPSA) is 44.0 Å². The van der Waals surface area contributed by atoms with Crippen LogP contribution in [-0.4, -0.2) is 15.3 Å². The molecule has 1 aliphatic heterocycles. The average Bonchev–Trinajstić information content (AvgIpc) is 2.55. The molecule has 0 radical (unpaired) electrons. The van der Waals surface area contributed by atoms with Crippen LogP contribution in [0.25, 0.3) is 5.69 Å². The van der Waals surface area contributed by atoms with Crippen LogP contribution in [0.5, 0.6) is 0 Å². The number of hydrogen-bond acceptors (Lipinski definition) is 2. The molecule has 4 heteroatoms. The van der Waals surface area contributed by atoms with Gasteiger partial charge in [-0.05, 0) is 25.5 Å². The molecule has 0 atom stereocenters. The van der Waals surface area contributed by atoms with Crippen LogP contribution in [-0.2, 0) is 6.42 Å². The van der Waals surface area contributed by atoms with Gasteiger partial charge in [0.1, 0.15) is 0 Å². The molecule has 86 valence electrons. The molecule has 1 aromatic carbocycles. The Kier molecular flexibility index (Phi) is 1.90. The highest BCUT2D eigenvalue weighted by molar-refractivity contribution is 5.84. The van der Waals surface area contributed by atoms with Crippen molar-refractivity contribution in [3.8, 4) is 5.69 Å². The minimum atomic E-state index is -0.152. The summed E-state index contributed by atoms with van der Waals surface area (Å²) in [6.45, 7) is 3.75. The highest BCUT2D eigenvalue weighted by Crippen LogP contribution is 2.21. The molecule has 17 heavy (non-hydrogen) atoms. The van der Waals surface area contributed by atoms with E-state index in [4.69, 9.17) is 0 Å². The Morgan fingerprint density at radius 2 is 1.82 bits per heavy atom.